The molecule has 0 bridgehead atoms. The van der Waals surface area contributed by atoms with Gasteiger partial charge in [0.25, 0.3) is 0 Å². The van der Waals surface area contributed by atoms with Gasteiger partial charge in [0.1, 0.15) is 5.82 Å². The third kappa shape index (κ3) is 3.93. The van der Waals surface area contributed by atoms with Crippen LogP contribution in [0.25, 0.3) is 0 Å². The summed E-state index contributed by atoms with van der Waals surface area (Å²) in [7, 11) is 0. The van der Waals surface area contributed by atoms with Crippen LogP contribution in [0.3, 0.4) is 0 Å². The van der Waals surface area contributed by atoms with Crippen LogP contribution in [0, 0.1) is 5.82 Å². The van der Waals surface area contributed by atoms with Crippen molar-refractivity contribution >= 4 is 0 Å². The maximum atomic E-state index is 13.7. The molecule has 0 spiro atoms. The molecule has 2 rings (SSSR count). The largest absolute Gasteiger partial charge is 0.416 e. The highest BCUT2D eigenvalue weighted by Crippen LogP contribution is 2.31. The lowest BCUT2D eigenvalue weighted by molar-refractivity contribution is -0.137. The Bertz CT molecular complexity index is 492. The van der Waals surface area contributed by atoms with E-state index < -0.39 is 23.7 Å². The van der Waals surface area contributed by atoms with Gasteiger partial charge in [-0.2, -0.15) is 13.2 Å². The van der Waals surface area contributed by atoms with E-state index in [0.29, 0.717) is 13.2 Å². The van der Waals surface area contributed by atoms with Crippen LogP contribution in [0.4, 0.5) is 17.6 Å². The topological polar surface area (TPSA) is 32.7 Å². The van der Waals surface area contributed by atoms with Gasteiger partial charge in [0.15, 0.2) is 0 Å². The molecule has 0 aliphatic carbocycles. The first-order valence-electron chi connectivity index (χ1n) is 6.69. The highest BCUT2D eigenvalue weighted by molar-refractivity contribution is 5.27. The third-order valence-corrected chi connectivity index (χ3v) is 3.46. The third-order valence-electron chi connectivity index (χ3n) is 3.46. The molecule has 0 amide bonds. The molecule has 7 heteroatoms. The fraction of sp³-hybridized carbons (Fsp3) is 0.571. The molecule has 3 nitrogen and oxygen atoms in total. The van der Waals surface area contributed by atoms with Crippen molar-refractivity contribution in [2.75, 3.05) is 19.7 Å². The first-order chi connectivity index (χ1) is 9.81. The van der Waals surface area contributed by atoms with Crippen LogP contribution in [-0.4, -0.2) is 41.9 Å². The lowest BCUT2D eigenvalue weighted by Crippen LogP contribution is -2.26. The van der Waals surface area contributed by atoms with Gasteiger partial charge in [0.05, 0.1) is 17.8 Å². The summed E-state index contributed by atoms with van der Waals surface area (Å²) < 4.78 is 56.9. The molecule has 118 valence electrons. The van der Waals surface area contributed by atoms with E-state index in [1.54, 1.807) is 11.8 Å². The van der Waals surface area contributed by atoms with E-state index in [9.17, 15) is 22.7 Å². The second-order valence-corrected chi connectivity index (χ2v) is 5.06. The molecule has 2 atom stereocenters. The Labute approximate surface area is 120 Å². The average Bonchev–Trinajstić information content (AvgIpc) is 2.72. The van der Waals surface area contributed by atoms with Crippen molar-refractivity contribution in [3.05, 3.63) is 35.1 Å². The second kappa shape index (κ2) is 6.29. The number of hydrogen-bond donors (Lipinski definition) is 1. The van der Waals surface area contributed by atoms with E-state index in [1.807, 2.05) is 0 Å². The number of β-amino-alcohol motifs (C(OH)–C–C–N with tert-alkyl or cyclic N) is 1. The summed E-state index contributed by atoms with van der Waals surface area (Å²) >= 11 is 0. The number of aliphatic hydroxyl groups is 1. The van der Waals surface area contributed by atoms with Crippen LogP contribution in [0.15, 0.2) is 18.2 Å². The van der Waals surface area contributed by atoms with Crippen molar-refractivity contribution in [2.45, 2.75) is 31.9 Å². The SMILES string of the molecule is CCOC1CN(Cc2cc(C(F)(F)F)ccc2F)CC1O. The zero-order valence-corrected chi connectivity index (χ0v) is 11.5. The molecule has 1 aromatic rings. The molecule has 1 aliphatic rings. The highest BCUT2D eigenvalue weighted by Gasteiger charge is 2.34. The van der Waals surface area contributed by atoms with Crippen molar-refractivity contribution in [2.24, 2.45) is 0 Å². The normalized spacial score (nSPS) is 23.7. The zero-order valence-electron chi connectivity index (χ0n) is 11.5. The number of ether oxygens (including phenoxy) is 1. The Morgan fingerprint density at radius 1 is 1.33 bits per heavy atom. The Morgan fingerprint density at radius 2 is 2.05 bits per heavy atom. The van der Waals surface area contributed by atoms with Crippen molar-refractivity contribution < 1.29 is 27.4 Å². The van der Waals surface area contributed by atoms with E-state index >= 15 is 0 Å². The summed E-state index contributed by atoms with van der Waals surface area (Å²) in [4.78, 5) is 1.68. The molecule has 21 heavy (non-hydrogen) atoms. The van der Waals surface area contributed by atoms with Gasteiger partial charge in [-0.15, -0.1) is 0 Å². The lowest BCUT2D eigenvalue weighted by Gasteiger charge is -2.17. The molecular weight excluding hydrogens is 290 g/mol. The Hall–Kier alpha value is -1.18. The number of aliphatic hydroxyl groups excluding tert-OH is 1. The molecule has 1 fully saturated rings. The van der Waals surface area contributed by atoms with E-state index in [4.69, 9.17) is 4.74 Å². The smallest absolute Gasteiger partial charge is 0.389 e. The summed E-state index contributed by atoms with van der Waals surface area (Å²) in [6, 6.07) is 2.36. The summed E-state index contributed by atoms with van der Waals surface area (Å²) in [5, 5.41) is 9.78. The number of halogens is 4. The predicted molar refractivity (Wildman–Crippen MR) is 68.1 cm³/mol. The van der Waals surface area contributed by atoms with Crippen molar-refractivity contribution in [3.63, 3.8) is 0 Å². The molecule has 1 heterocycles. The fourth-order valence-corrected chi connectivity index (χ4v) is 2.45. The fourth-order valence-electron chi connectivity index (χ4n) is 2.45. The second-order valence-electron chi connectivity index (χ2n) is 5.06. The first-order valence-corrected chi connectivity index (χ1v) is 6.69. The molecule has 0 radical (unpaired) electrons. The lowest BCUT2D eigenvalue weighted by atomic mass is 10.1. The molecule has 0 aromatic heterocycles. The zero-order chi connectivity index (χ0) is 15.6. The predicted octanol–water partition coefficient (Wildman–Crippen LogP) is 2.43. The van der Waals surface area contributed by atoms with Crippen LogP contribution in [0.2, 0.25) is 0 Å². The number of alkyl halides is 3. The molecule has 1 aromatic carbocycles. The van der Waals surface area contributed by atoms with Gasteiger partial charge in [-0.1, -0.05) is 0 Å². The van der Waals surface area contributed by atoms with Gasteiger partial charge < -0.3 is 9.84 Å². The van der Waals surface area contributed by atoms with Gasteiger partial charge in [-0.3, -0.25) is 4.90 Å². The minimum absolute atomic E-state index is 0.0103. The number of benzene rings is 1. The summed E-state index contributed by atoms with van der Waals surface area (Å²) in [6.07, 6.45) is -5.59. The van der Waals surface area contributed by atoms with Gasteiger partial charge in [-0.25, -0.2) is 4.39 Å². The minimum atomic E-state index is -4.50. The number of hydrogen-bond acceptors (Lipinski definition) is 3. The quantitative estimate of drug-likeness (QED) is 0.867. The maximum absolute atomic E-state index is 13.7. The molecule has 2 unspecified atom stereocenters. The van der Waals surface area contributed by atoms with E-state index in [0.717, 1.165) is 18.2 Å². The standard InChI is InChI=1S/C14H17F4NO2/c1-2-21-13-8-19(7-12(13)20)6-9-5-10(14(16,17)18)3-4-11(9)15/h3-5,12-13,20H,2,6-8H2,1H3. The Kier molecular flexibility index (Phi) is 4.85. The number of nitrogens with zero attached hydrogens (tertiary/aromatic N) is 1. The van der Waals surface area contributed by atoms with Crippen molar-refractivity contribution in [1.29, 1.82) is 0 Å². The van der Waals surface area contributed by atoms with Crippen molar-refractivity contribution in [1.82, 2.24) is 4.90 Å². The van der Waals surface area contributed by atoms with Crippen LogP contribution >= 0.6 is 0 Å². The summed E-state index contributed by atoms with van der Waals surface area (Å²) in [5.74, 6) is -0.683. The van der Waals surface area contributed by atoms with E-state index in [-0.39, 0.29) is 24.8 Å². The summed E-state index contributed by atoms with van der Waals surface area (Å²) in [6.45, 7) is 2.86. The van der Waals surface area contributed by atoms with Crippen LogP contribution < -0.4 is 0 Å². The van der Waals surface area contributed by atoms with E-state index in [1.165, 1.54) is 0 Å². The average molecular weight is 307 g/mol. The van der Waals surface area contributed by atoms with Gasteiger partial charge in [0, 0.05) is 31.8 Å². The van der Waals surface area contributed by atoms with Gasteiger partial charge in [-0.05, 0) is 25.1 Å². The number of rotatable bonds is 4. The molecule has 1 aliphatic heterocycles. The van der Waals surface area contributed by atoms with Crippen LogP contribution in [-0.2, 0) is 17.5 Å². The number of likely N-dealkylation sites (tertiary alicyclic amines) is 1. The van der Waals surface area contributed by atoms with Gasteiger partial charge in [0.2, 0.25) is 0 Å². The van der Waals surface area contributed by atoms with Crippen LogP contribution in [0.5, 0.6) is 0 Å². The van der Waals surface area contributed by atoms with E-state index in [2.05, 4.69) is 0 Å². The Balaban J connectivity index is 2.10. The molecule has 1 saturated heterocycles. The summed E-state index contributed by atoms with van der Waals surface area (Å²) in [5.41, 5.74) is -0.908. The monoisotopic (exact) mass is 307 g/mol. The van der Waals surface area contributed by atoms with Crippen molar-refractivity contribution in [3.8, 4) is 0 Å². The first kappa shape index (κ1) is 16.2. The van der Waals surface area contributed by atoms with Gasteiger partial charge >= 0.3 is 6.18 Å². The minimum Gasteiger partial charge on any atom is -0.389 e. The molecule has 1 N–H and O–H groups in total. The van der Waals surface area contributed by atoms with Crippen LogP contribution in [0.1, 0.15) is 18.1 Å². The Morgan fingerprint density at radius 3 is 2.67 bits per heavy atom. The molecular formula is C14H17F4NO2. The molecule has 0 saturated carbocycles. The highest BCUT2D eigenvalue weighted by atomic mass is 19.4. The maximum Gasteiger partial charge on any atom is 0.416 e.